The van der Waals surface area contributed by atoms with Crippen molar-refractivity contribution in [3.05, 3.63) is 35.1 Å². The fraction of sp³-hybridized carbons (Fsp3) is 0.571. The van der Waals surface area contributed by atoms with Crippen molar-refractivity contribution in [2.75, 3.05) is 18.8 Å². The highest BCUT2D eigenvalue weighted by Crippen LogP contribution is 2.23. The third kappa shape index (κ3) is 3.46. The minimum Gasteiger partial charge on any atom is -0.326 e. The Bertz CT molecular complexity index is 397. The van der Waals surface area contributed by atoms with Crippen LogP contribution in [0.25, 0.3) is 0 Å². The number of nitrogens with two attached hydrogens (primary N) is 1. The molecule has 2 N–H and O–H groups in total. The third-order valence-electron chi connectivity index (χ3n) is 3.43. The molecule has 0 bridgehead atoms. The van der Waals surface area contributed by atoms with E-state index in [2.05, 4.69) is 11.8 Å². The number of hydrogen-bond acceptors (Lipinski definition) is 3. The fourth-order valence-electron chi connectivity index (χ4n) is 2.26. The summed E-state index contributed by atoms with van der Waals surface area (Å²) < 4.78 is 13.9. The van der Waals surface area contributed by atoms with E-state index in [1.807, 2.05) is 23.9 Å². The second kappa shape index (κ2) is 6.55. The van der Waals surface area contributed by atoms with Gasteiger partial charge in [0.05, 0.1) is 0 Å². The number of thioether (sulfide) groups is 1. The van der Waals surface area contributed by atoms with Gasteiger partial charge >= 0.3 is 0 Å². The first-order valence-corrected chi connectivity index (χ1v) is 7.59. The van der Waals surface area contributed by atoms with E-state index in [0.717, 1.165) is 30.0 Å². The van der Waals surface area contributed by atoms with E-state index in [4.69, 9.17) is 5.73 Å². The van der Waals surface area contributed by atoms with Crippen molar-refractivity contribution in [2.24, 2.45) is 5.73 Å². The Morgan fingerprint density at radius 2 is 2.33 bits per heavy atom. The van der Waals surface area contributed by atoms with Gasteiger partial charge in [0.1, 0.15) is 5.82 Å². The number of hydrogen-bond donors (Lipinski definition) is 1. The van der Waals surface area contributed by atoms with E-state index in [9.17, 15) is 4.39 Å². The molecule has 1 atom stereocenters. The molecule has 1 aliphatic heterocycles. The van der Waals surface area contributed by atoms with Gasteiger partial charge in [0.25, 0.3) is 0 Å². The van der Waals surface area contributed by atoms with Crippen molar-refractivity contribution < 1.29 is 4.39 Å². The van der Waals surface area contributed by atoms with Crippen LogP contribution in [0.2, 0.25) is 0 Å². The molecule has 1 unspecified atom stereocenters. The molecule has 1 saturated heterocycles. The smallest absolute Gasteiger partial charge is 0.128 e. The highest BCUT2D eigenvalue weighted by molar-refractivity contribution is 8.00. The van der Waals surface area contributed by atoms with Crippen molar-refractivity contribution in [2.45, 2.75) is 31.7 Å². The van der Waals surface area contributed by atoms with E-state index in [-0.39, 0.29) is 5.82 Å². The van der Waals surface area contributed by atoms with Crippen molar-refractivity contribution in [3.8, 4) is 0 Å². The molecule has 1 fully saturated rings. The van der Waals surface area contributed by atoms with Crippen LogP contribution in [0.4, 0.5) is 4.39 Å². The normalized spacial score (nSPS) is 21.2. The maximum Gasteiger partial charge on any atom is 0.128 e. The lowest BCUT2D eigenvalue weighted by atomic mass is 10.1. The average Bonchev–Trinajstić information content (AvgIpc) is 2.41. The maximum atomic E-state index is 13.9. The van der Waals surface area contributed by atoms with Crippen LogP contribution in [-0.2, 0) is 13.1 Å². The Morgan fingerprint density at radius 3 is 3.00 bits per heavy atom. The van der Waals surface area contributed by atoms with Crippen LogP contribution < -0.4 is 5.73 Å². The molecule has 2 rings (SSSR count). The summed E-state index contributed by atoms with van der Waals surface area (Å²) in [4.78, 5) is 2.35. The lowest BCUT2D eigenvalue weighted by Crippen LogP contribution is -2.37. The van der Waals surface area contributed by atoms with Crippen molar-refractivity contribution in [3.63, 3.8) is 0 Å². The van der Waals surface area contributed by atoms with Gasteiger partial charge < -0.3 is 5.73 Å². The van der Waals surface area contributed by atoms with Crippen LogP contribution in [-0.4, -0.2) is 29.0 Å². The molecular formula is C14H21FN2S. The molecule has 1 aliphatic rings. The van der Waals surface area contributed by atoms with Crippen LogP contribution >= 0.6 is 11.8 Å². The van der Waals surface area contributed by atoms with Gasteiger partial charge in [-0.25, -0.2) is 4.39 Å². The van der Waals surface area contributed by atoms with E-state index >= 15 is 0 Å². The highest BCUT2D eigenvalue weighted by atomic mass is 32.2. The molecule has 0 amide bonds. The van der Waals surface area contributed by atoms with Crippen LogP contribution in [0.3, 0.4) is 0 Å². The summed E-state index contributed by atoms with van der Waals surface area (Å²) >= 11 is 2.04. The van der Waals surface area contributed by atoms with Gasteiger partial charge in [0.2, 0.25) is 0 Å². The Morgan fingerprint density at radius 1 is 1.50 bits per heavy atom. The molecule has 0 spiro atoms. The lowest BCUT2D eigenvalue weighted by Gasteiger charge is -2.31. The molecule has 0 saturated carbocycles. The third-order valence-corrected chi connectivity index (χ3v) is 4.80. The lowest BCUT2D eigenvalue weighted by molar-refractivity contribution is 0.269. The maximum absolute atomic E-state index is 13.9. The zero-order valence-electron chi connectivity index (χ0n) is 10.9. The van der Waals surface area contributed by atoms with Gasteiger partial charge in [-0.1, -0.05) is 19.1 Å². The summed E-state index contributed by atoms with van der Waals surface area (Å²) in [6.07, 6.45) is 1.19. The predicted octanol–water partition coefficient (Wildman–Crippen LogP) is 2.61. The molecule has 2 nitrogen and oxygen atoms in total. The topological polar surface area (TPSA) is 29.3 Å². The second-order valence-corrected chi connectivity index (χ2v) is 6.17. The van der Waals surface area contributed by atoms with Gasteiger partial charge in [0.15, 0.2) is 0 Å². The van der Waals surface area contributed by atoms with E-state index in [1.165, 1.54) is 6.42 Å². The van der Waals surface area contributed by atoms with E-state index < -0.39 is 0 Å². The number of halogens is 1. The molecule has 4 heteroatoms. The van der Waals surface area contributed by atoms with Crippen molar-refractivity contribution in [1.29, 1.82) is 0 Å². The fourth-order valence-corrected chi connectivity index (χ4v) is 3.51. The van der Waals surface area contributed by atoms with Gasteiger partial charge in [-0.2, -0.15) is 11.8 Å². The van der Waals surface area contributed by atoms with E-state index in [0.29, 0.717) is 18.3 Å². The van der Waals surface area contributed by atoms with Crippen LogP contribution in [0.15, 0.2) is 18.2 Å². The molecular weight excluding hydrogens is 247 g/mol. The van der Waals surface area contributed by atoms with Gasteiger partial charge in [-0.15, -0.1) is 0 Å². The molecule has 18 heavy (non-hydrogen) atoms. The standard InChI is InChI=1S/C14H21FN2S/c1-2-13-10-17(5-6-18-13)9-12-4-3-11(8-16)7-14(12)15/h3-4,7,13H,2,5-6,8-10,16H2,1H3. The van der Waals surface area contributed by atoms with Crippen molar-refractivity contribution >= 4 is 11.8 Å². The first kappa shape index (κ1) is 13.8. The zero-order valence-corrected chi connectivity index (χ0v) is 11.7. The summed E-state index contributed by atoms with van der Waals surface area (Å²) in [7, 11) is 0. The monoisotopic (exact) mass is 268 g/mol. The summed E-state index contributed by atoms with van der Waals surface area (Å²) in [6.45, 7) is 5.46. The SMILES string of the molecule is CCC1CN(Cc2ccc(CN)cc2F)CCS1. The van der Waals surface area contributed by atoms with Crippen molar-refractivity contribution in [1.82, 2.24) is 4.90 Å². The summed E-state index contributed by atoms with van der Waals surface area (Å²) in [5.41, 5.74) is 7.15. The number of nitrogens with zero attached hydrogens (tertiary/aromatic N) is 1. The van der Waals surface area contributed by atoms with Gasteiger partial charge in [0, 0.05) is 42.7 Å². The van der Waals surface area contributed by atoms with Gasteiger partial charge in [-0.3, -0.25) is 4.90 Å². The second-order valence-electron chi connectivity index (χ2n) is 4.77. The minimum absolute atomic E-state index is 0.121. The first-order chi connectivity index (χ1) is 8.72. The largest absolute Gasteiger partial charge is 0.326 e. The summed E-state index contributed by atoms with van der Waals surface area (Å²) in [5, 5.41) is 0.699. The molecule has 0 radical (unpaired) electrons. The Kier molecular flexibility index (Phi) is 5.03. The first-order valence-electron chi connectivity index (χ1n) is 6.54. The predicted molar refractivity (Wildman–Crippen MR) is 76.1 cm³/mol. The van der Waals surface area contributed by atoms with Crippen LogP contribution in [0.5, 0.6) is 0 Å². The minimum atomic E-state index is -0.121. The quantitative estimate of drug-likeness (QED) is 0.910. The average molecular weight is 268 g/mol. The Hall–Kier alpha value is -0.580. The molecule has 0 aromatic heterocycles. The summed E-state index contributed by atoms with van der Waals surface area (Å²) in [6, 6.07) is 5.36. The number of rotatable bonds is 4. The molecule has 1 heterocycles. The Labute approximate surface area is 113 Å². The van der Waals surface area contributed by atoms with Gasteiger partial charge in [-0.05, 0) is 18.1 Å². The molecule has 0 aliphatic carbocycles. The van der Waals surface area contributed by atoms with Crippen LogP contribution in [0, 0.1) is 5.82 Å². The van der Waals surface area contributed by atoms with Crippen LogP contribution in [0.1, 0.15) is 24.5 Å². The molecule has 100 valence electrons. The molecule has 1 aromatic carbocycles. The number of benzene rings is 1. The highest BCUT2D eigenvalue weighted by Gasteiger charge is 2.19. The molecule has 1 aromatic rings. The summed E-state index contributed by atoms with van der Waals surface area (Å²) in [5.74, 6) is 1.03. The van der Waals surface area contributed by atoms with E-state index in [1.54, 1.807) is 6.07 Å². The zero-order chi connectivity index (χ0) is 13.0. The Balaban J connectivity index is 2.00.